The van der Waals surface area contributed by atoms with E-state index in [1.807, 2.05) is 12.1 Å². The van der Waals surface area contributed by atoms with Crippen LogP contribution in [0.4, 0.5) is 0 Å². The highest BCUT2D eigenvalue weighted by molar-refractivity contribution is 5.85. The third-order valence-electron chi connectivity index (χ3n) is 3.46. The number of aliphatic hydroxyl groups excluding tert-OH is 1. The third-order valence-corrected chi connectivity index (χ3v) is 3.46. The maximum atomic E-state index is 9.70. The van der Waals surface area contributed by atoms with Crippen LogP contribution in [0.2, 0.25) is 0 Å². The van der Waals surface area contributed by atoms with Crippen LogP contribution in [0.15, 0.2) is 18.2 Å². The highest BCUT2D eigenvalue weighted by Crippen LogP contribution is 2.19. The smallest absolute Gasteiger partial charge is 0.123 e. The standard InChI is InChI=1S/C14H22N2O2.ClH/c1-10-3-4-14(18-2)11(5-10)6-15-7-12-8-16-9-13(12)17;/h3-5,12-13,15-17H,6-9H2,1-2H3;1H. The lowest BCUT2D eigenvalue weighted by atomic mass is 10.1. The SMILES string of the molecule is COc1ccc(C)cc1CNCC1CNCC1O.Cl. The molecule has 1 aromatic rings. The van der Waals surface area contributed by atoms with Crippen LogP contribution in [0.5, 0.6) is 5.75 Å². The van der Waals surface area contributed by atoms with E-state index in [1.165, 1.54) is 5.56 Å². The topological polar surface area (TPSA) is 53.5 Å². The van der Waals surface area contributed by atoms with Crippen LogP contribution < -0.4 is 15.4 Å². The third kappa shape index (κ3) is 4.35. The van der Waals surface area contributed by atoms with Crippen molar-refractivity contribution in [2.45, 2.75) is 19.6 Å². The van der Waals surface area contributed by atoms with E-state index >= 15 is 0 Å². The summed E-state index contributed by atoms with van der Waals surface area (Å²) in [5.41, 5.74) is 2.40. The number of hydrogen-bond acceptors (Lipinski definition) is 4. The number of ether oxygens (including phenoxy) is 1. The molecule has 19 heavy (non-hydrogen) atoms. The molecule has 0 aromatic heterocycles. The Hall–Kier alpha value is -0.810. The van der Waals surface area contributed by atoms with Gasteiger partial charge in [-0.2, -0.15) is 0 Å². The summed E-state index contributed by atoms with van der Waals surface area (Å²) in [6.07, 6.45) is -0.225. The number of benzene rings is 1. The van der Waals surface area contributed by atoms with E-state index < -0.39 is 0 Å². The lowest BCUT2D eigenvalue weighted by Crippen LogP contribution is -2.30. The molecule has 1 aliphatic heterocycles. The number of halogens is 1. The van der Waals surface area contributed by atoms with Gasteiger partial charge in [0.15, 0.2) is 0 Å². The normalized spacial score (nSPS) is 22.1. The van der Waals surface area contributed by atoms with Gasteiger partial charge >= 0.3 is 0 Å². The first-order valence-electron chi connectivity index (χ1n) is 6.43. The molecule has 1 fully saturated rings. The molecule has 0 aliphatic carbocycles. The summed E-state index contributed by atoms with van der Waals surface area (Å²) < 4.78 is 5.34. The van der Waals surface area contributed by atoms with Crippen molar-refractivity contribution < 1.29 is 9.84 Å². The number of nitrogens with one attached hydrogen (secondary N) is 2. The van der Waals surface area contributed by atoms with Gasteiger partial charge in [-0.15, -0.1) is 12.4 Å². The number of methoxy groups -OCH3 is 1. The molecule has 4 nitrogen and oxygen atoms in total. The summed E-state index contributed by atoms with van der Waals surface area (Å²) in [7, 11) is 1.69. The van der Waals surface area contributed by atoms with Crippen molar-refractivity contribution in [1.29, 1.82) is 0 Å². The number of aryl methyl sites for hydroxylation is 1. The zero-order valence-electron chi connectivity index (χ0n) is 11.5. The molecule has 1 saturated heterocycles. The van der Waals surface area contributed by atoms with E-state index in [2.05, 4.69) is 23.6 Å². The van der Waals surface area contributed by atoms with Crippen molar-refractivity contribution >= 4 is 12.4 Å². The van der Waals surface area contributed by atoms with Gasteiger partial charge in [0.25, 0.3) is 0 Å². The molecule has 0 amide bonds. The van der Waals surface area contributed by atoms with Crippen molar-refractivity contribution in [2.24, 2.45) is 5.92 Å². The maximum Gasteiger partial charge on any atom is 0.123 e. The van der Waals surface area contributed by atoms with Gasteiger partial charge < -0.3 is 20.5 Å². The van der Waals surface area contributed by atoms with Gasteiger partial charge in [0, 0.05) is 37.7 Å². The van der Waals surface area contributed by atoms with E-state index in [-0.39, 0.29) is 18.5 Å². The van der Waals surface area contributed by atoms with Gasteiger partial charge in [-0.25, -0.2) is 0 Å². The second-order valence-electron chi connectivity index (χ2n) is 4.93. The molecule has 0 bridgehead atoms. The van der Waals surface area contributed by atoms with Crippen LogP contribution in [-0.2, 0) is 6.54 Å². The van der Waals surface area contributed by atoms with E-state index in [0.717, 1.165) is 30.9 Å². The van der Waals surface area contributed by atoms with Gasteiger partial charge in [0.2, 0.25) is 0 Å². The summed E-state index contributed by atoms with van der Waals surface area (Å²) in [5.74, 6) is 1.22. The monoisotopic (exact) mass is 286 g/mol. The zero-order valence-corrected chi connectivity index (χ0v) is 12.3. The predicted molar refractivity (Wildman–Crippen MR) is 79.1 cm³/mol. The zero-order chi connectivity index (χ0) is 13.0. The number of β-amino-alcohol motifs (C(OH)–C–C–N with tert-alkyl or cyclic N) is 1. The summed E-state index contributed by atoms with van der Waals surface area (Å²) in [4.78, 5) is 0. The highest BCUT2D eigenvalue weighted by atomic mass is 35.5. The minimum absolute atomic E-state index is 0. The molecule has 108 valence electrons. The summed E-state index contributed by atoms with van der Waals surface area (Å²) >= 11 is 0. The number of rotatable bonds is 5. The van der Waals surface area contributed by atoms with E-state index in [0.29, 0.717) is 12.5 Å². The molecule has 0 spiro atoms. The van der Waals surface area contributed by atoms with E-state index in [1.54, 1.807) is 7.11 Å². The predicted octanol–water partition coefficient (Wildman–Crippen LogP) is 1.10. The quantitative estimate of drug-likeness (QED) is 0.759. The van der Waals surface area contributed by atoms with Crippen LogP contribution in [0.1, 0.15) is 11.1 Å². The molecule has 1 heterocycles. The Kier molecular flexibility index (Phi) is 6.58. The fraction of sp³-hybridized carbons (Fsp3) is 0.571. The Morgan fingerprint density at radius 2 is 2.21 bits per heavy atom. The van der Waals surface area contributed by atoms with Gasteiger partial charge in [-0.1, -0.05) is 17.7 Å². The number of aliphatic hydroxyl groups is 1. The highest BCUT2D eigenvalue weighted by Gasteiger charge is 2.24. The minimum Gasteiger partial charge on any atom is -0.496 e. The van der Waals surface area contributed by atoms with Crippen LogP contribution >= 0.6 is 12.4 Å². The Bertz CT molecular complexity index is 401. The van der Waals surface area contributed by atoms with Gasteiger partial charge in [-0.3, -0.25) is 0 Å². The van der Waals surface area contributed by atoms with Crippen molar-refractivity contribution in [1.82, 2.24) is 10.6 Å². The van der Waals surface area contributed by atoms with Gasteiger partial charge in [0.1, 0.15) is 5.75 Å². The Labute approximate surface area is 121 Å². The average molecular weight is 287 g/mol. The minimum atomic E-state index is -0.225. The van der Waals surface area contributed by atoms with Crippen LogP contribution in [0.3, 0.4) is 0 Å². The Morgan fingerprint density at radius 3 is 2.84 bits per heavy atom. The molecule has 0 saturated carbocycles. The largest absolute Gasteiger partial charge is 0.496 e. The van der Waals surface area contributed by atoms with Gasteiger partial charge in [0.05, 0.1) is 13.2 Å². The van der Waals surface area contributed by atoms with Crippen molar-refractivity contribution in [3.63, 3.8) is 0 Å². The molecule has 3 N–H and O–H groups in total. The molecular weight excluding hydrogens is 264 g/mol. The van der Waals surface area contributed by atoms with Crippen LogP contribution in [-0.4, -0.2) is 38.0 Å². The first-order chi connectivity index (χ1) is 8.70. The number of hydrogen-bond donors (Lipinski definition) is 3. The Balaban J connectivity index is 0.00000180. The molecule has 1 aromatic carbocycles. The molecule has 0 radical (unpaired) electrons. The summed E-state index contributed by atoms with van der Waals surface area (Å²) in [6, 6.07) is 6.18. The Morgan fingerprint density at radius 1 is 1.42 bits per heavy atom. The first kappa shape index (κ1) is 16.2. The van der Waals surface area contributed by atoms with E-state index in [4.69, 9.17) is 4.74 Å². The molecule has 1 aliphatic rings. The lowest BCUT2D eigenvalue weighted by molar-refractivity contribution is 0.146. The second-order valence-corrected chi connectivity index (χ2v) is 4.93. The first-order valence-corrected chi connectivity index (χ1v) is 6.43. The molecule has 2 rings (SSSR count). The van der Waals surface area contributed by atoms with Crippen molar-refractivity contribution in [3.8, 4) is 5.75 Å². The maximum absolute atomic E-state index is 9.70. The average Bonchev–Trinajstić information content (AvgIpc) is 2.76. The fourth-order valence-corrected chi connectivity index (χ4v) is 2.37. The summed E-state index contributed by atoms with van der Waals surface area (Å²) in [6.45, 7) is 5.27. The molecule has 2 atom stereocenters. The van der Waals surface area contributed by atoms with Crippen molar-refractivity contribution in [2.75, 3.05) is 26.7 Å². The lowest BCUT2D eigenvalue weighted by Gasteiger charge is -2.15. The van der Waals surface area contributed by atoms with Crippen LogP contribution in [0.25, 0.3) is 0 Å². The van der Waals surface area contributed by atoms with Crippen LogP contribution in [0, 0.1) is 12.8 Å². The molecule has 2 unspecified atom stereocenters. The van der Waals surface area contributed by atoms with Crippen molar-refractivity contribution in [3.05, 3.63) is 29.3 Å². The summed E-state index contributed by atoms with van der Waals surface area (Å²) in [5, 5.41) is 16.3. The molecular formula is C14H23ClN2O2. The fourth-order valence-electron chi connectivity index (χ4n) is 2.37. The second kappa shape index (κ2) is 7.70. The van der Waals surface area contributed by atoms with Gasteiger partial charge in [-0.05, 0) is 13.0 Å². The van der Waals surface area contributed by atoms with E-state index in [9.17, 15) is 5.11 Å². The molecule has 5 heteroatoms.